The third kappa shape index (κ3) is 2.94. The Morgan fingerprint density at radius 1 is 0.737 bits per heavy atom. The molecule has 1 heterocycles. The van der Waals surface area contributed by atoms with E-state index in [0.717, 1.165) is 6.42 Å². The maximum Gasteiger partial charge on any atom is 0.0224 e. The highest BCUT2D eigenvalue weighted by Crippen LogP contribution is 2.31. The number of benzene rings is 2. The van der Waals surface area contributed by atoms with Gasteiger partial charge >= 0.3 is 0 Å². The molecule has 0 bridgehead atoms. The topological polar surface area (TPSA) is 0 Å². The normalized spacial score (nSPS) is 12.2. The van der Waals surface area contributed by atoms with Gasteiger partial charge in [-0.3, -0.25) is 0 Å². The third-order valence-electron chi connectivity index (χ3n) is 3.37. The van der Waals surface area contributed by atoms with Crippen LogP contribution in [-0.2, 0) is 6.42 Å². The maximum atomic E-state index is 2.24. The molecule has 3 aromatic rings. The van der Waals surface area contributed by atoms with Crippen molar-refractivity contribution < 1.29 is 0 Å². The standard InChI is InChI=1S/C18H16S/c1-3-8-15(9-4-1)14-17(18-12-7-13-19-18)16-10-5-2-6-11-16/h1-13,17H,14H2. The monoisotopic (exact) mass is 264 g/mol. The first-order chi connectivity index (χ1) is 9.43. The van der Waals surface area contributed by atoms with Gasteiger partial charge in [-0.15, -0.1) is 11.3 Å². The molecule has 1 unspecified atom stereocenters. The molecule has 0 fully saturated rings. The zero-order valence-electron chi connectivity index (χ0n) is 10.7. The van der Waals surface area contributed by atoms with E-state index >= 15 is 0 Å². The first-order valence-corrected chi connectivity index (χ1v) is 7.44. The third-order valence-corrected chi connectivity index (χ3v) is 4.36. The lowest BCUT2D eigenvalue weighted by atomic mass is 9.91. The van der Waals surface area contributed by atoms with E-state index in [1.807, 2.05) is 11.3 Å². The van der Waals surface area contributed by atoms with Crippen molar-refractivity contribution in [2.75, 3.05) is 0 Å². The second-order valence-corrected chi connectivity index (χ2v) is 5.65. The van der Waals surface area contributed by atoms with Gasteiger partial charge in [-0.05, 0) is 29.0 Å². The SMILES string of the molecule is c1ccc(CC(c2ccccc2)c2cccs2)cc1. The molecule has 1 atom stereocenters. The highest BCUT2D eigenvalue weighted by molar-refractivity contribution is 7.10. The summed E-state index contributed by atoms with van der Waals surface area (Å²) >= 11 is 1.85. The molecule has 0 N–H and O–H groups in total. The Labute approximate surface area is 118 Å². The fraction of sp³-hybridized carbons (Fsp3) is 0.111. The fourth-order valence-corrected chi connectivity index (χ4v) is 3.26. The van der Waals surface area contributed by atoms with Crippen molar-refractivity contribution in [2.45, 2.75) is 12.3 Å². The van der Waals surface area contributed by atoms with Crippen LogP contribution in [0.4, 0.5) is 0 Å². The van der Waals surface area contributed by atoms with E-state index in [1.54, 1.807) is 0 Å². The second-order valence-electron chi connectivity index (χ2n) is 4.67. The molecule has 0 amide bonds. The van der Waals surface area contributed by atoms with Crippen LogP contribution in [0.3, 0.4) is 0 Å². The van der Waals surface area contributed by atoms with E-state index < -0.39 is 0 Å². The van der Waals surface area contributed by atoms with Gasteiger partial charge in [0.05, 0.1) is 0 Å². The van der Waals surface area contributed by atoms with Crippen LogP contribution in [0.15, 0.2) is 78.2 Å². The van der Waals surface area contributed by atoms with E-state index in [0.29, 0.717) is 5.92 Å². The van der Waals surface area contributed by atoms with Crippen LogP contribution in [-0.4, -0.2) is 0 Å². The molecule has 3 rings (SSSR count). The molecule has 19 heavy (non-hydrogen) atoms. The number of hydrogen-bond donors (Lipinski definition) is 0. The predicted molar refractivity (Wildman–Crippen MR) is 82.8 cm³/mol. The molecule has 0 spiro atoms. The molecule has 0 aliphatic heterocycles. The molecule has 0 nitrogen and oxygen atoms in total. The average Bonchev–Trinajstić information content (AvgIpc) is 3.01. The first-order valence-electron chi connectivity index (χ1n) is 6.56. The van der Waals surface area contributed by atoms with Crippen LogP contribution in [0.2, 0.25) is 0 Å². The summed E-state index contributed by atoms with van der Waals surface area (Å²) in [6.07, 6.45) is 1.06. The van der Waals surface area contributed by atoms with Crippen LogP contribution in [0.1, 0.15) is 21.9 Å². The number of thiophene rings is 1. The molecular weight excluding hydrogens is 248 g/mol. The summed E-state index contributed by atoms with van der Waals surface area (Å²) in [4.78, 5) is 1.44. The van der Waals surface area contributed by atoms with Crippen LogP contribution in [0.5, 0.6) is 0 Å². The molecule has 2 aromatic carbocycles. The van der Waals surface area contributed by atoms with Gasteiger partial charge in [0, 0.05) is 10.8 Å². The largest absolute Gasteiger partial charge is 0.148 e. The van der Waals surface area contributed by atoms with Gasteiger partial charge in [-0.25, -0.2) is 0 Å². The zero-order chi connectivity index (χ0) is 12.9. The van der Waals surface area contributed by atoms with Gasteiger partial charge in [0.15, 0.2) is 0 Å². The fourth-order valence-electron chi connectivity index (χ4n) is 2.41. The van der Waals surface area contributed by atoms with Crippen LogP contribution >= 0.6 is 11.3 Å². The Morgan fingerprint density at radius 2 is 1.42 bits per heavy atom. The number of rotatable bonds is 4. The van der Waals surface area contributed by atoms with E-state index in [2.05, 4.69) is 78.2 Å². The molecule has 0 saturated carbocycles. The average molecular weight is 264 g/mol. The summed E-state index contributed by atoms with van der Waals surface area (Å²) in [6, 6.07) is 25.9. The van der Waals surface area contributed by atoms with E-state index in [-0.39, 0.29) is 0 Å². The van der Waals surface area contributed by atoms with Crippen molar-refractivity contribution >= 4 is 11.3 Å². The lowest BCUT2D eigenvalue weighted by Gasteiger charge is -2.16. The summed E-state index contributed by atoms with van der Waals surface area (Å²) in [5.74, 6) is 0.462. The Morgan fingerprint density at radius 3 is 2.05 bits per heavy atom. The van der Waals surface area contributed by atoms with Crippen molar-refractivity contribution in [3.8, 4) is 0 Å². The molecule has 0 radical (unpaired) electrons. The summed E-state index contributed by atoms with van der Waals surface area (Å²) in [5, 5.41) is 2.16. The van der Waals surface area contributed by atoms with Gasteiger partial charge in [0.25, 0.3) is 0 Å². The molecular formula is C18H16S. The van der Waals surface area contributed by atoms with Gasteiger partial charge in [-0.1, -0.05) is 66.7 Å². The Bertz CT molecular complexity index is 597. The Balaban J connectivity index is 1.94. The first kappa shape index (κ1) is 12.2. The number of hydrogen-bond acceptors (Lipinski definition) is 1. The van der Waals surface area contributed by atoms with E-state index in [4.69, 9.17) is 0 Å². The van der Waals surface area contributed by atoms with Gasteiger partial charge in [-0.2, -0.15) is 0 Å². The molecule has 0 aliphatic rings. The van der Waals surface area contributed by atoms with Crippen molar-refractivity contribution in [2.24, 2.45) is 0 Å². The molecule has 94 valence electrons. The van der Waals surface area contributed by atoms with Crippen LogP contribution < -0.4 is 0 Å². The zero-order valence-corrected chi connectivity index (χ0v) is 11.5. The second kappa shape index (κ2) is 5.85. The van der Waals surface area contributed by atoms with Crippen LogP contribution in [0, 0.1) is 0 Å². The highest BCUT2D eigenvalue weighted by atomic mass is 32.1. The Hall–Kier alpha value is -1.86. The Kier molecular flexibility index (Phi) is 3.75. The molecule has 0 aliphatic carbocycles. The lowest BCUT2D eigenvalue weighted by molar-refractivity contribution is 0.822. The predicted octanol–water partition coefficient (Wildman–Crippen LogP) is 5.12. The molecule has 1 heteroatoms. The summed E-state index contributed by atoms with van der Waals surface area (Å²) in [7, 11) is 0. The smallest absolute Gasteiger partial charge is 0.0224 e. The summed E-state index contributed by atoms with van der Waals surface area (Å²) in [6.45, 7) is 0. The van der Waals surface area contributed by atoms with Crippen molar-refractivity contribution in [3.05, 3.63) is 94.2 Å². The van der Waals surface area contributed by atoms with Gasteiger partial charge in [0.1, 0.15) is 0 Å². The van der Waals surface area contributed by atoms with Crippen molar-refractivity contribution in [1.82, 2.24) is 0 Å². The van der Waals surface area contributed by atoms with Gasteiger partial charge in [0.2, 0.25) is 0 Å². The lowest BCUT2D eigenvalue weighted by Crippen LogP contribution is -2.03. The summed E-state index contributed by atoms with van der Waals surface area (Å²) in [5.41, 5.74) is 2.79. The highest BCUT2D eigenvalue weighted by Gasteiger charge is 2.15. The maximum absolute atomic E-state index is 2.24. The molecule has 1 aromatic heterocycles. The van der Waals surface area contributed by atoms with Crippen molar-refractivity contribution in [1.29, 1.82) is 0 Å². The summed E-state index contributed by atoms with van der Waals surface area (Å²) < 4.78 is 0. The minimum atomic E-state index is 0.462. The van der Waals surface area contributed by atoms with E-state index in [1.165, 1.54) is 16.0 Å². The molecule has 0 saturated heterocycles. The van der Waals surface area contributed by atoms with E-state index in [9.17, 15) is 0 Å². The van der Waals surface area contributed by atoms with Gasteiger partial charge < -0.3 is 0 Å². The minimum Gasteiger partial charge on any atom is -0.148 e. The van der Waals surface area contributed by atoms with Crippen molar-refractivity contribution in [3.63, 3.8) is 0 Å². The minimum absolute atomic E-state index is 0.462. The quantitative estimate of drug-likeness (QED) is 0.613. The van der Waals surface area contributed by atoms with Crippen LogP contribution in [0.25, 0.3) is 0 Å².